The average Bonchev–Trinajstić information content (AvgIpc) is 3.02. The summed E-state index contributed by atoms with van der Waals surface area (Å²) in [5.74, 6) is -0.265. The first kappa shape index (κ1) is 11.6. The van der Waals surface area contributed by atoms with Gasteiger partial charge in [0.05, 0.1) is 17.9 Å². The lowest BCUT2D eigenvalue weighted by molar-refractivity contribution is -0.147. The highest BCUT2D eigenvalue weighted by molar-refractivity contribution is 6.09. The lowest BCUT2D eigenvalue weighted by Gasteiger charge is -2.23. The third-order valence-electron chi connectivity index (χ3n) is 4.71. The van der Waals surface area contributed by atoms with Gasteiger partial charge in [0.1, 0.15) is 0 Å². The van der Waals surface area contributed by atoms with Crippen molar-refractivity contribution in [3.05, 3.63) is 12.2 Å². The molecule has 3 aliphatic rings. The zero-order valence-electron chi connectivity index (χ0n) is 10.6. The van der Waals surface area contributed by atoms with Gasteiger partial charge in [-0.25, -0.2) is 0 Å². The molecule has 2 fully saturated rings. The standard InChI is InChI=1S/C14H17NO3/c1-3-10(16)7(2)15-13(17)11-8-4-5-9(6-8)12(11)14(15)18/h4-5,7-9,11-12H,3,6H2,1-2H3. The van der Waals surface area contributed by atoms with Gasteiger partial charge in [-0.1, -0.05) is 19.1 Å². The van der Waals surface area contributed by atoms with Gasteiger partial charge in [0, 0.05) is 6.42 Å². The van der Waals surface area contributed by atoms with E-state index in [-0.39, 0.29) is 41.3 Å². The van der Waals surface area contributed by atoms with Crippen molar-refractivity contribution in [2.24, 2.45) is 23.7 Å². The molecule has 0 radical (unpaired) electrons. The number of likely N-dealkylation sites (tertiary alicyclic amines) is 1. The van der Waals surface area contributed by atoms with Gasteiger partial charge in [-0.2, -0.15) is 0 Å². The molecule has 18 heavy (non-hydrogen) atoms. The number of hydrogen-bond acceptors (Lipinski definition) is 3. The SMILES string of the molecule is CCC(=O)C(C)N1C(=O)C2C3C=CC(C3)C2C1=O. The largest absolute Gasteiger partial charge is 0.297 e. The lowest BCUT2D eigenvalue weighted by atomic mass is 9.85. The van der Waals surface area contributed by atoms with Crippen molar-refractivity contribution in [3.63, 3.8) is 0 Å². The molecule has 2 bridgehead atoms. The Morgan fingerprint density at radius 2 is 1.78 bits per heavy atom. The van der Waals surface area contributed by atoms with Crippen molar-refractivity contribution < 1.29 is 14.4 Å². The Morgan fingerprint density at radius 1 is 1.28 bits per heavy atom. The zero-order chi connectivity index (χ0) is 13.0. The van der Waals surface area contributed by atoms with Gasteiger partial charge in [0.15, 0.2) is 5.78 Å². The first-order valence-electron chi connectivity index (χ1n) is 6.64. The summed E-state index contributed by atoms with van der Waals surface area (Å²) in [6.07, 6.45) is 5.41. The van der Waals surface area contributed by atoms with E-state index < -0.39 is 6.04 Å². The van der Waals surface area contributed by atoms with Crippen LogP contribution >= 0.6 is 0 Å². The highest BCUT2D eigenvalue weighted by Crippen LogP contribution is 2.52. The van der Waals surface area contributed by atoms with E-state index in [1.165, 1.54) is 4.90 Å². The Balaban J connectivity index is 1.90. The number of fused-ring (bicyclic) bond motifs is 5. The number of amides is 2. The number of carbonyl (C=O) groups excluding carboxylic acids is 3. The fourth-order valence-corrected chi connectivity index (χ4v) is 3.75. The van der Waals surface area contributed by atoms with Crippen LogP contribution in [0.4, 0.5) is 0 Å². The van der Waals surface area contributed by atoms with Crippen LogP contribution in [0.15, 0.2) is 12.2 Å². The normalized spacial score (nSPS) is 38.4. The van der Waals surface area contributed by atoms with Crippen molar-refractivity contribution in [3.8, 4) is 0 Å². The molecule has 96 valence electrons. The van der Waals surface area contributed by atoms with E-state index in [0.717, 1.165) is 6.42 Å². The summed E-state index contributed by atoms with van der Waals surface area (Å²) < 4.78 is 0. The van der Waals surface area contributed by atoms with Crippen LogP contribution in [0, 0.1) is 23.7 Å². The Hall–Kier alpha value is -1.45. The summed E-state index contributed by atoms with van der Waals surface area (Å²) in [6.45, 7) is 3.42. The van der Waals surface area contributed by atoms with Crippen molar-refractivity contribution in [2.75, 3.05) is 0 Å². The second-order valence-corrected chi connectivity index (χ2v) is 5.54. The van der Waals surface area contributed by atoms with E-state index in [1.54, 1.807) is 13.8 Å². The number of rotatable bonds is 3. The molecule has 4 nitrogen and oxygen atoms in total. The summed E-state index contributed by atoms with van der Waals surface area (Å²) in [5, 5.41) is 0. The smallest absolute Gasteiger partial charge is 0.234 e. The maximum absolute atomic E-state index is 12.4. The van der Waals surface area contributed by atoms with Gasteiger partial charge in [-0.15, -0.1) is 0 Å². The molecule has 5 atom stereocenters. The minimum absolute atomic E-state index is 0.0445. The predicted octanol–water partition coefficient (Wildman–Crippen LogP) is 1.16. The van der Waals surface area contributed by atoms with Crippen molar-refractivity contribution in [2.45, 2.75) is 32.7 Å². The molecule has 4 heteroatoms. The Morgan fingerprint density at radius 3 is 2.22 bits per heavy atom. The van der Waals surface area contributed by atoms with Gasteiger partial charge < -0.3 is 0 Å². The highest BCUT2D eigenvalue weighted by Gasteiger charge is 2.60. The summed E-state index contributed by atoms with van der Waals surface area (Å²) in [7, 11) is 0. The van der Waals surface area contributed by atoms with E-state index in [9.17, 15) is 14.4 Å². The minimum Gasteiger partial charge on any atom is -0.297 e. The van der Waals surface area contributed by atoms with E-state index in [1.807, 2.05) is 0 Å². The monoisotopic (exact) mass is 247 g/mol. The van der Waals surface area contributed by atoms with Gasteiger partial charge in [-0.3, -0.25) is 19.3 Å². The molecule has 1 saturated heterocycles. The van der Waals surface area contributed by atoms with Crippen LogP contribution in [0.5, 0.6) is 0 Å². The van der Waals surface area contributed by atoms with Crippen LogP contribution in [0.25, 0.3) is 0 Å². The second-order valence-electron chi connectivity index (χ2n) is 5.54. The average molecular weight is 247 g/mol. The fraction of sp³-hybridized carbons (Fsp3) is 0.643. The first-order valence-corrected chi connectivity index (χ1v) is 6.64. The minimum atomic E-state index is -0.597. The summed E-state index contributed by atoms with van der Waals surface area (Å²) in [6, 6.07) is -0.597. The van der Waals surface area contributed by atoms with Crippen LogP contribution < -0.4 is 0 Å². The number of hydrogen-bond donors (Lipinski definition) is 0. The molecular formula is C14H17NO3. The predicted molar refractivity (Wildman–Crippen MR) is 64.3 cm³/mol. The molecule has 0 aromatic heterocycles. The van der Waals surface area contributed by atoms with E-state index >= 15 is 0 Å². The molecule has 1 aliphatic heterocycles. The zero-order valence-corrected chi connectivity index (χ0v) is 10.6. The second kappa shape index (κ2) is 3.77. The van der Waals surface area contributed by atoms with Crippen molar-refractivity contribution in [1.29, 1.82) is 0 Å². The molecule has 0 spiro atoms. The van der Waals surface area contributed by atoms with Crippen LogP contribution in [0.2, 0.25) is 0 Å². The first-order chi connectivity index (χ1) is 8.56. The molecule has 0 aromatic rings. The highest BCUT2D eigenvalue weighted by atomic mass is 16.2. The molecular weight excluding hydrogens is 230 g/mol. The van der Waals surface area contributed by atoms with Gasteiger partial charge >= 0.3 is 0 Å². The topological polar surface area (TPSA) is 54.5 Å². The van der Waals surface area contributed by atoms with E-state index in [2.05, 4.69) is 12.2 Å². The third kappa shape index (κ3) is 1.29. The Kier molecular flexibility index (Phi) is 2.44. The number of Topliss-reactive ketones (excluding diaryl/α,β-unsaturated/α-hetero) is 1. The molecule has 5 unspecified atom stereocenters. The maximum Gasteiger partial charge on any atom is 0.234 e. The van der Waals surface area contributed by atoms with E-state index in [0.29, 0.717) is 6.42 Å². The van der Waals surface area contributed by atoms with Gasteiger partial charge in [0.2, 0.25) is 11.8 Å². The summed E-state index contributed by atoms with van der Waals surface area (Å²) in [5.41, 5.74) is 0. The molecule has 2 aliphatic carbocycles. The number of allylic oxidation sites excluding steroid dienone is 2. The number of nitrogens with zero attached hydrogens (tertiary/aromatic N) is 1. The fourth-order valence-electron chi connectivity index (χ4n) is 3.75. The molecule has 0 aromatic carbocycles. The van der Waals surface area contributed by atoms with Crippen molar-refractivity contribution >= 4 is 17.6 Å². The summed E-state index contributed by atoms with van der Waals surface area (Å²) in [4.78, 5) is 37.7. The molecule has 3 rings (SSSR count). The number of ketones is 1. The Bertz CT molecular complexity index is 438. The van der Waals surface area contributed by atoms with Crippen LogP contribution in [0.3, 0.4) is 0 Å². The van der Waals surface area contributed by atoms with Crippen LogP contribution in [-0.2, 0) is 14.4 Å². The molecule has 1 heterocycles. The lowest BCUT2D eigenvalue weighted by Crippen LogP contribution is -2.44. The van der Waals surface area contributed by atoms with Gasteiger partial charge in [0.25, 0.3) is 0 Å². The number of imide groups is 1. The number of carbonyl (C=O) groups is 3. The molecule has 1 saturated carbocycles. The van der Waals surface area contributed by atoms with E-state index in [4.69, 9.17) is 0 Å². The summed E-state index contributed by atoms with van der Waals surface area (Å²) >= 11 is 0. The third-order valence-corrected chi connectivity index (χ3v) is 4.71. The van der Waals surface area contributed by atoms with Crippen LogP contribution in [-0.4, -0.2) is 28.5 Å². The molecule has 0 N–H and O–H groups in total. The molecule has 2 amide bonds. The van der Waals surface area contributed by atoms with Gasteiger partial charge in [-0.05, 0) is 25.2 Å². The van der Waals surface area contributed by atoms with Crippen LogP contribution in [0.1, 0.15) is 26.7 Å². The maximum atomic E-state index is 12.4. The Labute approximate surface area is 106 Å². The quantitative estimate of drug-likeness (QED) is 0.555. The van der Waals surface area contributed by atoms with Crippen molar-refractivity contribution in [1.82, 2.24) is 4.90 Å².